The third-order valence-corrected chi connectivity index (χ3v) is 6.05. The monoisotopic (exact) mass is 525 g/mol. The highest BCUT2D eigenvalue weighted by Gasteiger charge is 2.21. The number of esters is 1. The van der Waals surface area contributed by atoms with E-state index in [4.69, 9.17) is 15.0 Å². The van der Waals surface area contributed by atoms with Crippen LogP contribution in [0.2, 0.25) is 0 Å². The first-order chi connectivity index (χ1) is 18.8. The van der Waals surface area contributed by atoms with Crippen molar-refractivity contribution in [2.45, 2.75) is 26.3 Å². The minimum Gasteiger partial charge on any atom is -0.481 e. The van der Waals surface area contributed by atoms with Crippen LogP contribution in [0.3, 0.4) is 0 Å². The van der Waals surface area contributed by atoms with Crippen molar-refractivity contribution in [3.05, 3.63) is 89.1 Å². The molecule has 0 fully saturated rings. The fraction of sp³-hybridized carbons (Fsp3) is 0.207. The fourth-order valence-corrected chi connectivity index (χ4v) is 4.09. The number of carboxylic acids is 1. The molecule has 0 radical (unpaired) electrons. The largest absolute Gasteiger partial charge is 0.481 e. The molecular weight excluding hydrogens is 498 g/mol. The minimum atomic E-state index is -1.03. The first kappa shape index (κ1) is 26.9. The molecule has 1 unspecified atom stereocenters. The summed E-state index contributed by atoms with van der Waals surface area (Å²) in [7, 11) is 0. The zero-order valence-electron chi connectivity index (χ0n) is 21.5. The van der Waals surface area contributed by atoms with E-state index in [1.54, 1.807) is 66.1 Å². The van der Waals surface area contributed by atoms with Crippen molar-refractivity contribution in [2.75, 3.05) is 18.5 Å². The molecule has 0 saturated heterocycles. The Balaban J connectivity index is 1.68. The van der Waals surface area contributed by atoms with Gasteiger partial charge in [-0.15, -0.1) is 0 Å². The molecule has 0 bridgehead atoms. The number of carbonyl (C=O) groups excluding carboxylic acids is 2. The van der Waals surface area contributed by atoms with E-state index in [9.17, 15) is 19.5 Å². The predicted molar refractivity (Wildman–Crippen MR) is 144 cm³/mol. The quantitative estimate of drug-likeness (QED) is 0.262. The van der Waals surface area contributed by atoms with Gasteiger partial charge in [0.15, 0.2) is 0 Å². The number of carbonyl (C=O) groups is 3. The van der Waals surface area contributed by atoms with E-state index in [1.165, 1.54) is 0 Å². The third-order valence-electron chi connectivity index (χ3n) is 6.05. The molecule has 0 spiro atoms. The number of nitrogens with one attached hydrogen (secondary N) is 2. The Morgan fingerprint density at radius 2 is 1.82 bits per heavy atom. The van der Waals surface area contributed by atoms with Gasteiger partial charge in [-0.3, -0.25) is 18.8 Å². The Bertz CT molecular complexity index is 1550. The minimum absolute atomic E-state index is 0.0967. The van der Waals surface area contributed by atoms with Gasteiger partial charge in [-0.2, -0.15) is 5.26 Å². The summed E-state index contributed by atoms with van der Waals surface area (Å²) in [6, 6.07) is 18.7. The van der Waals surface area contributed by atoms with Crippen LogP contribution in [0.25, 0.3) is 16.9 Å². The zero-order chi connectivity index (χ0) is 27.9. The van der Waals surface area contributed by atoms with Crippen molar-refractivity contribution < 1.29 is 24.2 Å². The summed E-state index contributed by atoms with van der Waals surface area (Å²) < 4.78 is 6.73. The van der Waals surface area contributed by atoms with Gasteiger partial charge in [-0.05, 0) is 43.7 Å². The number of nitriles is 1. The Morgan fingerprint density at radius 1 is 1.10 bits per heavy atom. The van der Waals surface area contributed by atoms with Gasteiger partial charge < -0.3 is 20.5 Å². The van der Waals surface area contributed by atoms with Crippen molar-refractivity contribution in [3.63, 3.8) is 0 Å². The lowest BCUT2D eigenvalue weighted by molar-refractivity contribution is -0.141. The standard InChI is InChI=1S/C29H27N5O5/c1-3-39-26(37)17-31-28-27(21-10-6-19(16-30)7-11-21)33-24-14-22(12-13-34(24)28)29(38)32-23(15-25(35)36)20-8-4-18(2)5-9-20/h4-14,23,31H,3,15,17H2,1-2H3,(H,32,38)(H,35,36). The van der Waals surface area contributed by atoms with Crippen molar-refractivity contribution in [3.8, 4) is 17.3 Å². The summed E-state index contributed by atoms with van der Waals surface area (Å²) in [5, 5.41) is 24.4. The lowest BCUT2D eigenvalue weighted by Crippen LogP contribution is -2.30. The number of ether oxygens (including phenoxy) is 1. The number of carboxylic acid groups (broad SMARTS) is 1. The molecule has 4 aromatic rings. The molecule has 2 aromatic carbocycles. The molecule has 1 amide bonds. The maximum absolute atomic E-state index is 13.2. The van der Waals surface area contributed by atoms with E-state index < -0.39 is 23.9 Å². The SMILES string of the molecule is CCOC(=O)CNc1c(-c2ccc(C#N)cc2)nc2cc(C(=O)NC(CC(=O)O)c3ccc(C)cc3)ccn12. The molecule has 39 heavy (non-hydrogen) atoms. The van der Waals surface area contributed by atoms with Crippen LogP contribution in [0, 0.1) is 18.3 Å². The van der Waals surface area contributed by atoms with Crippen molar-refractivity contribution >= 4 is 29.3 Å². The second-order valence-electron chi connectivity index (χ2n) is 8.83. The molecule has 4 rings (SSSR count). The number of anilines is 1. The highest BCUT2D eigenvalue weighted by Crippen LogP contribution is 2.29. The predicted octanol–water partition coefficient (Wildman–Crippen LogP) is 4.10. The van der Waals surface area contributed by atoms with Crippen LogP contribution in [-0.2, 0) is 14.3 Å². The summed E-state index contributed by atoms with van der Waals surface area (Å²) in [6.45, 7) is 3.80. The van der Waals surface area contributed by atoms with E-state index in [0.29, 0.717) is 39.4 Å². The summed E-state index contributed by atoms with van der Waals surface area (Å²) in [6.07, 6.45) is 1.38. The van der Waals surface area contributed by atoms with Crippen molar-refractivity contribution in [2.24, 2.45) is 0 Å². The molecule has 10 nitrogen and oxygen atoms in total. The third kappa shape index (κ3) is 6.40. The van der Waals surface area contributed by atoms with Crippen LogP contribution >= 0.6 is 0 Å². The van der Waals surface area contributed by atoms with E-state index in [-0.39, 0.29) is 19.6 Å². The molecule has 2 heterocycles. The summed E-state index contributed by atoms with van der Waals surface area (Å²) in [5.74, 6) is -1.41. The number of hydrogen-bond donors (Lipinski definition) is 3. The molecule has 198 valence electrons. The first-order valence-corrected chi connectivity index (χ1v) is 12.3. The summed E-state index contributed by atoms with van der Waals surface area (Å²) in [5.41, 5.74) is 4.14. The number of benzene rings is 2. The molecule has 0 aliphatic heterocycles. The van der Waals surface area contributed by atoms with Gasteiger partial charge in [0.05, 0.1) is 30.7 Å². The number of imidazole rings is 1. The maximum Gasteiger partial charge on any atom is 0.325 e. The number of aliphatic carboxylic acids is 1. The van der Waals surface area contributed by atoms with Crippen LogP contribution in [0.5, 0.6) is 0 Å². The highest BCUT2D eigenvalue weighted by atomic mass is 16.5. The Kier molecular flexibility index (Phi) is 8.21. The Morgan fingerprint density at radius 3 is 2.46 bits per heavy atom. The van der Waals surface area contributed by atoms with Gasteiger partial charge in [0, 0.05) is 17.3 Å². The van der Waals surface area contributed by atoms with Gasteiger partial charge in [-0.25, -0.2) is 4.98 Å². The van der Waals surface area contributed by atoms with Crippen LogP contribution in [0.1, 0.15) is 46.4 Å². The lowest BCUT2D eigenvalue weighted by atomic mass is 10.0. The normalized spacial score (nSPS) is 11.4. The van der Waals surface area contributed by atoms with Crippen LogP contribution in [0.15, 0.2) is 66.9 Å². The Hall–Kier alpha value is -5.17. The topological polar surface area (TPSA) is 146 Å². The van der Waals surface area contributed by atoms with E-state index in [1.807, 2.05) is 19.1 Å². The molecule has 10 heteroatoms. The Labute approximate surface area is 224 Å². The molecule has 0 aliphatic rings. The second kappa shape index (κ2) is 11.9. The van der Waals surface area contributed by atoms with Gasteiger partial charge in [0.1, 0.15) is 23.7 Å². The van der Waals surface area contributed by atoms with Crippen LogP contribution in [-0.4, -0.2) is 45.5 Å². The van der Waals surface area contributed by atoms with Gasteiger partial charge in [0.25, 0.3) is 5.91 Å². The van der Waals surface area contributed by atoms with Crippen molar-refractivity contribution in [1.29, 1.82) is 5.26 Å². The molecule has 3 N–H and O–H groups in total. The number of aryl methyl sites for hydroxylation is 1. The average molecular weight is 526 g/mol. The lowest BCUT2D eigenvalue weighted by Gasteiger charge is -2.18. The molecule has 1 atom stereocenters. The van der Waals surface area contributed by atoms with Gasteiger partial charge in [-0.1, -0.05) is 42.0 Å². The summed E-state index contributed by atoms with van der Waals surface area (Å²) >= 11 is 0. The highest BCUT2D eigenvalue weighted by molar-refractivity contribution is 5.96. The van der Waals surface area contributed by atoms with E-state index in [0.717, 1.165) is 5.56 Å². The van der Waals surface area contributed by atoms with Crippen LogP contribution in [0.4, 0.5) is 5.82 Å². The fourth-order valence-electron chi connectivity index (χ4n) is 4.09. The number of hydrogen-bond acceptors (Lipinski definition) is 7. The average Bonchev–Trinajstić information content (AvgIpc) is 3.29. The second-order valence-corrected chi connectivity index (χ2v) is 8.83. The molecule has 2 aromatic heterocycles. The van der Waals surface area contributed by atoms with E-state index >= 15 is 0 Å². The smallest absolute Gasteiger partial charge is 0.325 e. The number of amides is 1. The zero-order valence-corrected chi connectivity index (χ0v) is 21.5. The number of fused-ring (bicyclic) bond motifs is 1. The number of nitrogens with zero attached hydrogens (tertiary/aromatic N) is 3. The van der Waals surface area contributed by atoms with Gasteiger partial charge in [0.2, 0.25) is 0 Å². The maximum atomic E-state index is 13.2. The first-order valence-electron chi connectivity index (χ1n) is 12.3. The number of pyridine rings is 1. The molecular formula is C29H27N5O5. The van der Waals surface area contributed by atoms with Crippen molar-refractivity contribution in [1.82, 2.24) is 14.7 Å². The van der Waals surface area contributed by atoms with Gasteiger partial charge >= 0.3 is 11.9 Å². The van der Waals surface area contributed by atoms with Crippen LogP contribution < -0.4 is 10.6 Å². The molecule has 0 aliphatic carbocycles. The molecule has 0 saturated carbocycles. The number of aromatic nitrogens is 2. The van der Waals surface area contributed by atoms with E-state index in [2.05, 4.69) is 16.7 Å². The number of rotatable bonds is 10. The summed E-state index contributed by atoms with van der Waals surface area (Å²) in [4.78, 5) is 41.4.